The fraction of sp³-hybridized carbons (Fsp3) is 0.533. The zero-order valence-electron chi connectivity index (χ0n) is 13.3. The molecule has 0 saturated heterocycles. The topological polar surface area (TPSA) is 101 Å². The van der Waals surface area contributed by atoms with E-state index in [1.165, 1.54) is 11.9 Å². The van der Waals surface area contributed by atoms with Crippen molar-refractivity contribution < 1.29 is 18.8 Å². The van der Waals surface area contributed by atoms with Gasteiger partial charge in [-0.05, 0) is 6.92 Å². The summed E-state index contributed by atoms with van der Waals surface area (Å²) in [6.07, 6.45) is 0.772. The summed E-state index contributed by atoms with van der Waals surface area (Å²) in [5.41, 5.74) is -0.0736. The Hall–Kier alpha value is -2.42. The summed E-state index contributed by atoms with van der Waals surface area (Å²) < 4.78 is 5.47. The van der Waals surface area contributed by atoms with Crippen molar-refractivity contribution in [3.63, 3.8) is 0 Å². The van der Waals surface area contributed by atoms with E-state index >= 15 is 0 Å². The second-order valence-corrected chi connectivity index (χ2v) is 5.51. The normalized spacial score (nSPS) is 10.1. The summed E-state index contributed by atoms with van der Waals surface area (Å²) in [5.74, 6) is 0.442. The van der Waals surface area contributed by atoms with E-state index in [4.69, 9.17) is 15.4 Å². The molecule has 0 atom stereocenters. The van der Waals surface area contributed by atoms with Crippen LogP contribution in [0.2, 0.25) is 0 Å². The molecule has 0 rings (SSSR count). The van der Waals surface area contributed by atoms with E-state index in [9.17, 15) is 9.59 Å². The number of carbonyl (C=O) groups is 2. The first-order chi connectivity index (χ1) is 10.2. The molecule has 0 aliphatic carbocycles. The van der Waals surface area contributed by atoms with Gasteiger partial charge in [0.25, 0.3) is 0 Å². The number of hydrogen-bond donors (Lipinski definition) is 1. The number of nitrogens with zero attached hydrogens (tertiary/aromatic N) is 3. The van der Waals surface area contributed by atoms with Crippen LogP contribution in [0.5, 0.6) is 0 Å². The minimum Gasteiger partial charge on any atom is -0.762 e. The molecule has 1 N–H and O–H groups in total. The Morgan fingerprint density at radius 1 is 1.36 bits per heavy atom. The van der Waals surface area contributed by atoms with Gasteiger partial charge < -0.3 is 19.9 Å². The number of carbonyl (C=O) groups excluding carboxylic acids is 2. The average molecular weight is 306 g/mol. The molecule has 0 spiro atoms. The number of likely N-dealkylation sites (N-methyl/N-ethyl adjacent to an activating group) is 1. The van der Waals surface area contributed by atoms with Crippen molar-refractivity contribution in [1.82, 2.24) is 5.32 Å². The lowest BCUT2D eigenvalue weighted by molar-refractivity contribution is -0.890. The third kappa shape index (κ3) is 8.00. The Morgan fingerprint density at radius 3 is 2.50 bits per heavy atom. The number of amides is 1. The summed E-state index contributed by atoms with van der Waals surface area (Å²) >= 11 is 0. The Labute approximate surface area is 131 Å². The Morgan fingerprint density at radius 2 is 2.00 bits per heavy atom. The molecule has 0 aliphatic heterocycles. The summed E-state index contributed by atoms with van der Waals surface area (Å²) in [4.78, 5) is 22.6. The van der Waals surface area contributed by atoms with Crippen molar-refractivity contribution in [3.8, 4) is 6.07 Å². The number of rotatable bonds is 9. The van der Waals surface area contributed by atoms with Crippen LogP contribution in [-0.4, -0.2) is 62.6 Å². The maximum absolute atomic E-state index is 11.3. The van der Waals surface area contributed by atoms with Crippen molar-refractivity contribution in [2.24, 2.45) is 0 Å². The van der Waals surface area contributed by atoms with E-state index in [0.29, 0.717) is 23.1 Å². The zero-order chi connectivity index (χ0) is 17.2. The van der Waals surface area contributed by atoms with Gasteiger partial charge in [0.1, 0.15) is 19.2 Å². The second-order valence-electron chi connectivity index (χ2n) is 5.51. The van der Waals surface area contributed by atoms with Crippen molar-refractivity contribution >= 4 is 17.7 Å². The van der Waals surface area contributed by atoms with E-state index in [-0.39, 0.29) is 12.5 Å². The van der Waals surface area contributed by atoms with Crippen LogP contribution in [0.1, 0.15) is 13.3 Å². The zero-order valence-corrected chi connectivity index (χ0v) is 13.3. The molecule has 1 amide bonds. The molecule has 22 heavy (non-hydrogen) atoms. The minimum absolute atomic E-state index is 0.122. The first kappa shape index (κ1) is 19.6. The lowest BCUT2D eigenvalue weighted by Gasteiger charge is -2.29. The maximum Gasteiger partial charge on any atom is 0.355 e. The molecule has 0 unspecified atom stereocenters. The van der Waals surface area contributed by atoms with Crippen molar-refractivity contribution in [1.29, 1.82) is 5.26 Å². The van der Waals surface area contributed by atoms with Gasteiger partial charge in [0.2, 0.25) is 5.91 Å². The van der Waals surface area contributed by atoms with E-state index in [0.717, 1.165) is 13.0 Å². The molecule has 0 saturated carbocycles. The maximum atomic E-state index is 11.3. The highest BCUT2D eigenvalue weighted by Crippen LogP contribution is 2.00. The molecule has 0 bridgehead atoms. The minimum atomic E-state index is -0.890. The lowest BCUT2D eigenvalue weighted by atomic mass is 10.3. The Balaban J connectivity index is 4.03. The van der Waals surface area contributed by atoms with Gasteiger partial charge >= 0.3 is 5.97 Å². The van der Waals surface area contributed by atoms with Gasteiger partial charge in [-0.2, -0.15) is 5.26 Å². The molecule has 7 heteroatoms. The first-order valence-corrected chi connectivity index (χ1v) is 6.83. The highest BCUT2D eigenvalue weighted by atomic mass is 16.5. The lowest BCUT2D eigenvalue weighted by Crippen LogP contribution is -2.44. The Bertz CT molecular complexity index is 525. The Kier molecular flexibility index (Phi) is 8.46. The van der Waals surface area contributed by atoms with Crippen LogP contribution in [0.4, 0.5) is 0 Å². The largest absolute Gasteiger partial charge is 0.762 e. The van der Waals surface area contributed by atoms with Crippen LogP contribution in [0, 0.1) is 11.3 Å². The molecular weight excluding hydrogens is 284 g/mol. The standard InChI is InChI=1S/C15H22N4O3/c1-12(2)14(20)18-6-5-7-19(3,4)8-9-22-15(21)13(10-16)11-17/h1,5-9H2,2-4H3,(H,18,20). The number of nitriles is 1. The smallest absolute Gasteiger partial charge is 0.355 e. The van der Waals surface area contributed by atoms with E-state index < -0.39 is 11.5 Å². The van der Waals surface area contributed by atoms with Crippen LogP contribution >= 0.6 is 0 Å². The molecule has 0 fully saturated rings. The van der Waals surface area contributed by atoms with Crippen molar-refractivity contribution in [2.45, 2.75) is 13.3 Å². The highest BCUT2D eigenvalue weighted by molar-refractivity contribution is 6.02. The molecule has 0 aromatic rings. The molecule has 0 aliphatic rings. The van der Waals surface area contributed by atoms with E-state index in [1.54, 1.807) is 6.92 Å². The number of esters is 1. The van der Waals surface area contributed by atoms with Gasteiger partial charge in [0.05, 0.1) is 20.6 Å². The van der Waals surface area contributed by atoms with Crippen LogP contribution in [0.25, 0.3) is 5.41 Å². The van der Waals surface area contributed by atoms with Gasteiger partial charge in [-0.1, -0.05) is 6.58 Å². The van der Waals surface area contributed by atoms with Crippen LogP contribution in [0.15, 0.2) is 17.7 Å². The fourth-order valence-corrected chi connectivity index (χ4v) is 1.55. The number of nitrogens with one attached hydrogen (secondary N) is 1. The third-order valence-electron chi connectivity index (χ3n) is 2.97. The molecule has 0 heterocycles. The molecule has 120 valence electrons. The van der Waals surface area contributed by atoms with E-state index in [1.807, 2.05) is 14.1 Å². The predicted molar refractivity (Wildman–Crippen MR) is 82.7 cm³/mol. The second kappa shape index (κ2) is 9.50. The summed E-state index contributed by atoms with van der Waals surface area (Å²) in [6, 6.07) is 1.49. The van der Waals surface area contributed by atoms with Crippen molar-refractivity contribution in [3.05, 3.63) is 23.1 Å². The number of hydrogen-bond acceptors (Lipinski definition) is 4. The predicted octanol–water partition coefficient (Wildman–Crippen LogP) is 0.377. The van der Waals surface area contributed by atoms with Crippen LogP contribution in [0.3, 0.4) is 0 Å². The molecule has 7 nitrogen and oxygen atoms in total. The molecular formula is C15H22N4O3. The summed E-state index contributed by atoms with van der Waals surface area (Å²) in [7, 11) is 3.93. The quantitative estimate of drug-likeness (QED) is 0.166. The van der Waals surface area contributed by atoms with Crippen molar-refractivity contribution in [2.75, 3.05) is 40.3 Å². The molecule has 0 aromatic heterocycles. The van der Waals surface area contributed by atoms with Gasteiger partial charge in [-0.15, -0.1) is 0 Å². The van der Waals surface area contributed by atoms with Crippen LogP contribution < -0.4 is 5.32 Å². The average Bonchev–Trinajstić information content (AvgIpc) is 2.44. The number of ether oxygens (including phenoxy) is 1. The SMILES string of the molecule is C=C(C)C(=O)NCCC[N+](C)(C)CCOC(=O)C(=C=[N-])C#N. The summed E-state index contributed by atoms with van der Waals surface area (Å²) in [5, 5.41) is 19.8. The van der Waals surface area contributed by atoms with Gasteiger partial charge in [-0.3, -0.25) is 4.79 Å². The summed E-state index contributed by atoms with van der Waals surface area (Å²) in [6.45, 7) is 7.20. The fourth-order valence-electron chi connectivity index (χ4n) is 1.55. The van der Waals surface area contributed by atoms with Gasteiger partial charge in [0.15, 0.2) is 5.57 Å². The molecule has 0 aromatic carbocycles. The monoisotopic (exact) mass is 306 g/mol. The van der Waals surface area contributed by atoms with Gasteiger partial charge in [-0.25, -0.2) is 10.7 Å². The van der Waals surface area contributed by atoms with Gasteiger partial charge in [0, 0.05) is 18.5 Å². The first-order valence-electron chi connectivity index (χ1n) is 6.83. The number of quaternary nitrogens is 1. The molecule has 0 radical (unpaired) electrons. The third-order valence-corrected chi connectivity index (χ3v) is 2.97. The van der Waals surface area contributed by atoms with Crippen LogP contribution in [-0.2, 0) is 14.3 Å². The van der Waals surface area contributed by atoms with E-state index in [2.05, 4.69) is 11.9 Å². The highest BCUT2D eigenvalue weighted by Gasteiger charge is 2.16.